The highest BCUT2D eigenvalue weighted by Crippen LogP contribution is 2.35. The van der Waals surface area contributed by atoms with E-state index in [1.807, 2.05) is 0 Å². The number of nitrogens with zero attached hydrogens (tertiary/aromatic N) is 2. The smallest absolute Gasteiger partial charge is 0.243 e. The van der Waals surface area contributed by atoms with Crippen molar-refractivity contribution in [2.75, 3.05) is 10.7 Å². The molecule has 21 heavy (non-hydrogen) atoms. The summed E-state index contributed by atoms with van der Waals surface area (Å²) in [4.78, 5) is 17.8. The molecule has 3 rings (SSSR count). The van der Waals surface area contributed by atoms with Crippen LogP contribution < -0.4 is 4.90 Å². The number of phenols is 2. The number of amidine groups is 1. The Morgan fingerprint density at radius 3 is 2.38 bits per heavy atom. The van der Waals surface area contributed by atoms with Gasteiger partial charge in [0.05, 0.1) is 11.4 Å². The number of aliphatic imine (C=N–C) groups is 1. The lowest BCUT2D eigenvalue weighted by molar-refractivity contribution is -0.115. The second-order valence-corrected chi connectivity index (χ2v) is 5.33. The predicted octanol–water partition coefficient (Wildman–Crippen LogP) is 2.87. The Morgan fingerprint density at radius 2 is 1.67 bits per heavy atom. The monoisotopic (exact) mass is 300 g/mol. The van der Waals surface area contributed by atoms with Crippen molar-refractivity contribution >= 4 is 34.2 Å². The maximum absolute atomic E-state index is 12.1. The van der Waals surface area contributed by atoms with Crippen LogP contribution in [0.5, 0.6) is 11.5 Å². The van der Waals surface area contributed by atoms with Gasteiger partial charge in [-0.15, -0.1) is 0 Å². The second-order valence-electron chi connectivity index (χ2n) is 4.39. The van der Waals surface area contributed by atoms with Crippen LogP contribution >= 0.6 is 11.8 Å². The van der Waals surface area contributed by atoms with Crippen molar-refractivity contribution < 1.29 is 15.0 Å². The molecule has 2 aromatic rings. The van der Waals surface area contributed by atoms with E-state index in [0.717, 1.165) is 0 Å². The number of amides is 1. The third-order valence-corrected chi connectivity index (χ3v) is 3.91. The lowest BCUT2D eigenvalue weighted by Crippen LogP contribution is -2.29. The van der Waals surface area contributed by atoms with E-state index in [-0.39, 0.29) is 23.2 Å². The first-order valence-corrected chi connectivity index (χ1v) is 7.26. The fourth-order valence-corrected chi connectivity index (χ4v) is 2.87. The molecule has 0 bridgehead atoms. The summed E-state index contributed by atoms with van der Waals surface area (Å²) in [5.41, 5.74) is 0.775. The van der Waals surface area contributed by atoms with E-state index in [2.05, 4.69) is 4.99 Å². The average molecular weight is 300 g/mol. The zero-order valence-electron chi connectivity index (χ0n) is 10.9. The van der Waals surface area contributed by atoms with Gasteiger partial charge < -0.3 is 10.2 Å². The van der Waals surface area contributed by atoms with Gasteiger partial charge in [0.15, 0.2) is 5.17 Å². The van der Waals surface area contributed by atoms with Crippen LogP contribution in [0.25, 0.3) is 0 Å². The van der Waals surface area contributed by atoms with Gasteiger partial charge in [-0.05, 0) is 24.3 Å². The Morgan fingerprint density at radius 1 is 1.00 bits per heavy atom. The van der Waals surface area contributed by atoms with Gasteiger partial charge in [0, 0.05) is 0 Å². The summed E-state index contributed by atoms with van der Waals surface area (Å²) in [5.74, 6) is 0.150. The molecule has 1 aliphatic heterocycles. The zero-order chi connectivity index (χ0) is 14.8. The van der Waals surface area contributed by atoms with E-state index in [0.29, 0.717) is 16.5 Å². The van der Waals surface area contributed by atoms with Crippen molar-refractivity contribution in [2.24, 2.45) is 4.99 Å². The number of aromatic hydroxyl groups is 2. The van der Waals surface area contributed by atoms with Gasteiger partial charge in [0.1, 0.15) is 17.2 Å². The van der Waals surface area contributed by atoms with Crippen LogP contribution in [0.2, 0.25) is 0 Å². The van der Waals surface area contributed by atoms with Gasteiger partial charge in [0.25, 0.3) is 0 Å². The standard InChI is InChI=1S/C15H12N2O3S/c18-12-7-3-1-5-10(12)16-15-17(14(20)9-21-15)11-6-2-4-8-13(11)19/h1-8,18-19H,9H2. The molecule has 6 heteroatoms. The fourth-order valence-electron chi connectivity index (χ4n) is 2.00. The molecule has 1 fully saturated rings. The van der Waals surface area contributed by atoms with Crippen molar-refractivity contribution in [2.45, 2.75) is 0 Å². The van der Waals surface area contributed by atoms with E-state index in [1.165, 1.54) is 28.8 Å². The summed E-state index contributed by atoms with van der Waals surface area (Å²) in [6, 6.07) is 13.2. The normalized spacial score (nSPS) is 16.7. The number of phenolic OH excluding ortho intramolecular Hbond substituents is 2. The van der Waals surface area contributed by atoms with Crippen molar-refractivity contribution in [1.82, 2.24) is 0 Å². The van der Waals surface area contributed by atoms with E-state index in [1.54, 1.807) is 36.4 Å². The van der Waals surface area contributed by atoms with Crippen molar-refractivity contribution in [3.8, 4) is 11.5 Å². The molecule has 1 amide bonds. The highest BCUT2D eigenvalue weighted by atomic mass is 32.2. The van der Waals surface area contributed by atoms with Gasteiger partial charge >= 0.3 is 0 Å². The van der Waals surface area contributed by atoms with Crippen LogP contribution in [0, 0.1) is 0 Å². The van der Waals surface area contributed by atoms with Crippen LogP contribution in [0.1, 0.15) is 0 Å². The lowest BCUT2D eigenvalue weighted by Gasteiger charge is -2.17. The quantitative estimate of drug-likeness (QED) is 0.894. The van der Waals surface area contributed by atoms with Crippen LogP contribution in [0.3, 0.4) is 0 Å². The van der Waals surface area contributed by atoms with Crippen molar-refractivity contribution in [3.63, 3.8) is 0 Å². The molecule has 106 valence electrons. The van der Waals surface area contributed by atoms with Gasteiger partial charge in [-0.3, -0.25) is 9.69 Å². The summed E-state index contributed by atoms with van der Waals surface area (Å²) in [6.45, 7) is 0. The van der Waals surface area contributed by atoms with E-state index < -0.39 is 0 Å². The molecule has 0 aromatic heterocycles. The molecule has 1 heterocycles. The maximum Gasteiger partial charge on any atom is 0.243 e. The average Bonchev–Trinajstić information content (AvgIpc) is 2.83. The number of thioether (sulfide) groups is 1. The zero-order valence-corrected chi connectivity index (χ0v) is 11.7. The minimum absolute atomic E-state index is 0.0123. The number of carbonyl (C=O) groups is 1. The Bertz CT molecular complexity index is 730. The lowest BCUT2D eigenvalue weighted by atomic mass is 10.2. The second kappa shape index (κ2) is 5.49. The Hall–Kier alpha value is -2.47. The third-order valence-electron chi connectivity index (χ3n) is 2.99. The molecular formula is C15H12N2O3S. The van der Waals surface area contributed by atoms with Gasteiger partial charge in [0.2, 0.25) is 5.91 Å². The maximum atomic E-state index is 12.1. The topological polar surface area (TPSA) is 73.1 Å². The number of para-hydroxylation sites is 4. The number of hydrogen-bond donors (Lipinski definition) is 2. The highest BCUT2D eigenvalue weighted by Gasteiger charge is 2.31. The molecule has 0 unspecified atom stereocenters. The largest absolute Gasteiger partial charge is 0.506 e. The van der Waals surface area contributed by atoms with Gasteiger partial charge in [-0.25, -0.2) is 4.99 Å². The van der Waals surface area contributed by atoms with E-state index in [9.17, 15) is 15.0 Å². The molecule has 1 aliphatic rings. The van der Waals surface area contributed by atoms with Crippen LogP contribution in [0.4, 0.5) is 11.4 Å². The number of hydrogen-bond acceptors (Lipinski definition) is 5. The summed E-state index contributed by atoms with van der Waals surface area (Å²) >= 11 is 1.27. The first kappa shape index (κ1) is 13.5. The van der Waals surface area contributed by atoms with Gasteiger partial charge in [-0.2, -0.15) is 0 Å². The minimum atomic E-state index is -0.157. The molecule has 1 saturated heterocycles. The molecule has 5 nitrogen and oxygen atoms in total. The predicted molar refractivity (Wildman–Crippen MR) is 83.3 cm³/mol. The molecule has 0 saturated carbocycles. The number of rotatable bonds is 2. The first-order valence-electron chi connectivity index (χ1n) is 6.27. The van der Waals surface area contributed by atoms with Crippen molar-refractivity contribution in [3.05, 3.63) is 48.5 Å². The molecular weight excluding hydrogens is 288 g/mol. The summed E-state index contributed by atoms with van der Waals surface area (Å²) < 4.78 is 0. The fraction of sp³-hybridized carbons (Fsp3) is 0.0667. The van der Waals surface area contributed by atoms with Crippen LogP contribution in [-0.2, 0) is 4.79 Å². The Labute approximate surface area is 125 Å². The van der Waals surface area contributed by atoms with Gasteiger partial charge in [-0.1, -0.05) is 36.0 Å². The summed E-state index contributed by atoms with van der Waals surface area (Å²) in [5, 5.41) is 20.1. The van der Waals surface area contributed by atoms with Crippen LogP contribution in [-0.4, -0.2) is 27.0 Å². The molecule has 2 aromatic carbocycles. The molecule has 0 atom stereocenters. The van der Waals surface area contributed by atoms with E-state index in [4.69, 9.17) is 0 Å². The minimum Gasteiger partial charge on any atom is -0.506 e. The summed E-state index contributed by atoms with van der Waals surface area (Å²) in [6.07, 6.45) is 0. The molecule has 0 radical (unpaired) electrons. The highest BCUT2D eigenvalue weighted by molar-refractivity contribution is 8.15. The Kier molecular flexibility index (Phi) is 3.53. The summed E-state index contributed by atoms with van der Waals surface area (Å²) in [7, 11) is 0. The number of benzene rings is 2. The number of anilines is 1. The van der Waals surface area contributed by atoms with Crippen LogP contribution in [0.15, 0.2) is 53.5 Å². The Balaban J connectivity index is 2.05. The SMILES string of the molecule is O=C1CSC(=Nc2ccccc2O)N1c1ccccc1O. The van der Waals surface area contributed by atoms with E-state index >= 15 is 0 Å². The van der Waals surface area contributed by atoms with Crippen molar-refractivity contribution in [1.29, 1.82) is 0 Å². The third kappa shape index (κ3) is 2.57. The molecule has 0 aliphatic carbocycles. The molecule has 2 N–H and O–H groups in total. The first-order chi connectivity index (χ1) is 10.2. The number of carbonyl (C=O) groups excluding carboxylic acids is 1. The molecule has 0 spiro atoms.